The summed E-state index contributed by atoms with van der Waals surface area (Å²) in [5, 5.41) is 0. The average molecular weight is 222 g/mol. The van der Waals surface area contributed by atoms with Crippen LogP contribution in [0.2, 0.25) is 0 Å². The van der Waals surface area contributed by atoms with Crippen molar-refractivity contribution >= 4 is 5.91 Å². The molecule has 0 saturated carbocycles. The van der Waals surface area contributed by atoms with E-state index in [1.54, 1.807) is 0 Å². The van der Waals surface area contributed by atoms with Crippen LogP contribution in [0.5, 0.6) is 0 Å². The van der Waals surface area contributed by atoms with E-state index < -0.39 is 12.1 Å². The minimum Gasteiger partial charge on any atom is -0.329 e. The highest BCUT2D eigenvalue weighted by atomic mass is 19.4. The van der Waals surface area contributed by atoms with Crippen LogP contribution < -0.4 is 5.73 Å². The molecule has 2 rings (SSSR count). The van der Waals surface area contributed by atoms with Crippen molar-refractivity contribution in [3.8, 4) is 0 Å². The summed E-state index contributed by atoms with van der Waals surface area (Å²) >= 11 is 0. The topological polar surface area (TPSA) is 46.3 Å². The molecule has 0 radical (unpaired) electrons. The Morgan fingerprint density at radius 3 is 2.07 bits per heavy atom. The maximum atomic E-state index is 12.3. The lowest BCUT2D eigenvalue weighted by Crippen LogP contribution is -2.54. The molecule has 1 amide bonds. The fourth-order valence-corrected chi connectivity index (χ4v) is 2.70. The predicted molar refractivity (Wildman–Crippen MR) is 46.9 cm³/mol. The van der Waals surface area contributed by atoms with Crippen molar-refractivity contribution in [2.24, 2.45) is 5.73 Å². The molecule has 2 bridgehead atoms. The summed E-state index contributed by atoms with van der Waals surface area (Å²) in [7, 11) is 0. The second-order valence-electron chi connectivity index (χ2n) is 4.33. The van der Waals surface area contributed by atoms with Crippen LogP contribution in [0, 0.1) is 0 Å². The van der Waals surface area contributed by atoms with Crippen molar-refractivity contribution in [3.05, 3.63) is 0 Å². The number of carbonyl (C=O) groups excluding carboxylic acids is 1. The highest BCUT2D eigenvalue weighted by Gasteiger charge is 2.51. The molecule has 0 aromatic rings. The van der Waals surface area contributed by atoms with E-state index in [4.69, 9.17) is 5.73 Å². The first-order valence-electron chi connectivity index (χ1n) is 5.04. The molecule has 0 aromatic carbocycles. The van der Waals surface area contributed by atoms with Crippen molar-refractivity contribution < 1.29 is 18.0 Å². The number of amides is 1. The van der Waals surface area contributed by atoms with E-state index in [-0.39, 0.29) is 18.1 Å². The second-order valence-corrected chi connectivity index (χ2v) is 4.33. The lowest BCUT2D eigenvalue weighted by molar-refractivity contribution is -0.190. The van der Waals surface area contributed by atoms with Crippen molar-refractivity contribution in [3.63, 3.8) is 0 Å². The molecule has 2 aliphatic rings. The summed E-state index contributed by atoms with van der Waals surface area (Å²) in [5.41, 5.74) is 5.71. The van der Waals surface area contributed by atoms with Crippen LogP contribution in [0.3, 0.4) is 0 Å². The van der Waals surface area contributed by atoms with Crippen LogP contribution >= 0.6 is 0 Å². The van der Waals surface area contributed by atoms with Gasteiger partial charge in [-0.15, -0.1) is 0 Å². The summed E-state index contributed by atoms with van der Waals surface area (Å²) in [5.74, 6) is -1.69. The van der Waals surface area contributed by atoms with Gasteiger partial charge in [-0.05, 0) is 25.7 Å². The molecule has 6 heteroatoms. The number of fused-ring (bicyclic) bond motifs is 2. The number of piperidine rings is 1. The first-order valence-corrected chi connectivity index (χ1v) is 5.04. The zero-order valence-electron chi connectivity index (χ0n) is 8.13. The van der Waals surface area contributed by atoms with E-state index in [0.717, 1.165) is 4.90 Å². The number of alkyl halides is 3. The van der Waals surface area contributed by atoms with E-state index in [1.165, 1.54) is 0 Å². The lowest BCUT2D eigenvalue weighted by Gasteiger charge is -2.37. The largest absolute Gasteiger partial charge is 0.471 e. The zero-order valence-corrected chi connectivity index (χ0v) is 8.13. The molecular weight excluding hydrogens is 209 g/mol. The molecule has 2 atom stereocenters. The standard InChI is InChI=1S/C9H13F3N2O/c10-9(11,12)8(15)14-6-1-2-7(14)4-5(13)3-6/h5-7H,1-4,13H2. The van der Waals surface area contributed by atoms with Gasteiger partial charge in [0.2, 0.25) is 0 Å². The molecule has 15 heavy (non-hydrogen) atoms. The van der Waals surface area contributed by atoms with Crippen molar-refractivity contribution in [1.82, 2.24) is 4.90 Å². The smallest absolute Gasteiger partial charge is 0.329 e. The third kappa shape index (κ3) is 1.82. The monoisotopic (exact) mass is 222 g/mol. The minimum atomic E-state index is -4.75. The molecule has 3 nitrogen and oxygen atoms in total. The molecule has 2 heterocycles. The van der Waals surface area contributed by atoms with Crippen molar-refractivity contribution in [2.45, 2.75) is 50.0 Å². The van der Waals surface area contributed by atoms with E-state index in [9.17, 15) is 18.0 Å². The van der Waals surface area contributed by atoms with Gasteiger partial charge in [-0.3, -0.25) is 4.79 Å². The second kappa shape index (κ2) is 3.37. The fourth-order valence-electron chi connectivity index (χ4n) is 2.70. The predicted octanol–water partition coefficient (Wildman–Crippen LogP) is 1.03. The normalized spacial score (nSPS) is 35.7. The Bertz CT molecular complexity index is 265. The molecule has 2 aliphatic heterocycles. The Balaban J connectivity index is 2.15. The average Bonchev–Trinajstić information content (AvgIpc) is 2.35. The first-order chi connectivity index (χ1) is 6.89. The molecule has 0 spiro atoms. The molecule has 0 aliphatic carbocycles. The fraction of sp³-hybridized carbons (Fsp3) is 0.889. The van der Waals surface area contributed by atoms with Crippen molar-refractivity contribution in [1.29, 1.82) is 0 Å². The quantitative estimate of drug-likeness (QED) is 0.665. The molecule has 0 aromatic heterocycles. The van der Waals surface area contributed by atoms with E-state index in [2.05, 4.69) is 0 Å². The summed E-state index contributed by atoms with van der Waals surface area (Å²) in [6.45, 7) is 0. The number of rotatable bonds is 0. The summed E-state index contributed by atoms with van der Waals surface area (Å²) in [6.07, 6.45) is -2.45. The summed E-state index contributed by atoms with van der Waals surface area (Å²) in [4.78, 5) is 12.2. The molecule has 2 unspecified atom stereocenters. The van der Waals surface area contributed by atoms with Gasteiger partial charge in [0.15, 0.2) is 0 Å². The molecule has 2 saturated heterocycles. The van der Waals surface area contributed by atoms with Gasteiger partial charge in [0.25, 0.3) is 0 Å². The van der Waals surface area contributed by atoms with Crippen LogP contribution in [-0.2, 0) is 4.79 Å². The third-order valence-corrected chi connectivity index (χ3v) is 3.25. The van der Waals surface area contributed by atoms with Gasteiger partial charge in [-0.1, -0.05) is 0 Å². The van der Waals surface area contributed by atoms with Gasteiger partial charge < -0.3 is 10.6 Å². The number of hydrogen-bond acceptors (Lipinski definition) is 2. The molecular formula is C9H13F3N2O. The van der Waals surface area contributed by atoms with Crippen LogP contribution in [0.25, 0.3) is 0 Å². The van der Waals surface area contributed by atoms with Gasteiger partial charge in [-0.2, -0.15) is 13.2 Å². The van der Waals surface area contributed by atoms with Crippen LogP contribution in [0.15, 0.2) is 0 Å². The number of carbonyl (C=O) groups is 1. The van der Waals surface area contributed by atoms with Crippen molar-refractivity contribution in [2.75, 3.05) is 0 Å². The van der Waals surface area contributed by atoms with Gasteiger partial charge in [-0.25, -0.2) is 0 Å². The number of nitrogens with two attached hydrogens (primary N) is 1. The van der Waals surface area contributed by atoms with Crippen LogP contribution in [0.4, 0.5) is 13.2 Å². The zero-order chi connectivity index (χ0) is 11.2. The van der Waals surface area contributed by atoms with Gasteiger partial charge >= 0.3 is 12.1 Å². The lowest BCUT2D eigenvalue weighted by atomic mass is 9.98. The Hall–Kier alpha value is -0.780. The van der Waals surface area contributed by atoms with E-state index >= 15 is 0 Å². The van der Waals surface area contributed by atoms with E-state index in [0.29, 0.717) is 25.7 Å². The van der Waals surface area contributed by atoms with Crippen LogP contribution in [0.1, 0.15) is 25.7 Å². The Morgan fingerprint density at radius 1 is 1.20 bits per heavy atom. The summed E-state index contributed by atoms with van der Waals surface area (Å²) < 4.78 is 36.8. The summed E-state index contributed by atoms with van der Waals surface area (Å²) in [6, 6.07) is -0.652. The number of halogens is 3. The third-order valence-electron chi connectivity index (χ3n) is 3.25. The van der Waals surface area contributed by atoms with Gasteiger partial charge in [0.05, 0.1) is 0 Å². The minimum absolute atomic E-state index is 0.0558. The maximum Gasteiger partial charge on any atom is 0.471 e. The van der Waals surface area contributed by atoms with Gasteiger partial charge in [0, 0.05) is 18.1 Å². The number of nitrogens with zero attached hydrogens (tertiary/aromatic N) is 1. The maximum absolute atomic E-state index is 12.3. The highest BCUT2D eigenvalue weighted by molar-refractivity contribution is 5.82. The highest BCUT2D eigenvalue weighted by Crippen LogP contribution is 2.37. The Kier molecular flexibility index (Phi) is 2.41. The SMILES string of the molecule is NC1CC2CCC(C1)N2C(=O)C(F)(F)F. The molecule has 2 fully saturated rings. The molecule has 86 valence electrons. The molecule has 2 N–H and O–H groups in total. The van der Waals surface area contributed by atoms with Gasteiger partial charge in [0.1, 0.15) is 0 Å². The first kappa shape index (κ1) is 10.7. The number of hydrogen-bond donors (Lipinski definition) is 1. The van der Waals surface area contributed by atoms with E-state index in [1.807, 2.05) is 0 Å². The Labute approximate surface area is 85.4 Å². The Morgan fingerprint density at radius 2 is 1.67 bits per heavy atom. The van der Waals surface area contributed by atoms with Crippen LogP contribution in [-0.4, -0.2) is 35.1 Å².